The zero-order chi connectivity index (χ0) is 15.0. The quantitative estimate of drug-likeness (QED) is 0.640. The summed E-state index contributed by atoms with van der Waals surface area (Å²) >= 11 is 3.36. The molecule has 0 saturated carbocycles. The topological polar surface area (TPSA) is 50.8 Å². The van der Waals surface area contributed by atoms with Crippen LogP contribution in [0, 0.1) is 5.41 Å². The molecule has 1 N–H and O–H groups in total. The first-order valence-electron chi connectivity index (χ1n) is 6.55. The molecule has 0 aliphatic carbocycles. The van der Waals surface area contributed by atoms with Gasteiger partial charge in [0.25, 0.3) is 0 Å². The molecule has 0 aliphatic rings. The van der Waals surface area contributed by atoms with Gasteiger partial charge in [-0.1, -0.05) is 40.2 Å². The summed E-state index contributed by atoms with van der Waals surface area (Å²) in [5.41, 5.74) is 2.82. The van der Waals surface area contributed by atoms with E-state index in [4.69, 9.17) is 5.41 Å². The average Bonchev–Trinajstić information content (AvgIpc) is 2.73. The number of Topliss-reactive ketones (excluding diaryl/α,β-unsaturated/α-hetero) is 1. The number of carbonyl (C=O) groups is 1. The zero-order valence-electron chi connectivity index (χ0n) is 11.9. The van der Waals surface area contributed by atoms with E-state index < -0.39 is 0 Å². The summed E-state index contributed by atoms with van der Waals surface area (Å²) in [6, 6.07) is 15.0. The first-order chi connectivity index (χ1) is 10.1. The van der Waals surface area contributed by atoms with Crippen LogP contribution in [0.4, 0.5) is 0 Å². The molecule has 22 heavy (non-hydrogen) atoms. The van der Waals surface area contributed by atoms with Crippen LogP contribution in [-0.2, 0) is 13.6 Å². The minimum Gasteiger partial charge on any atom is -0.313 e. The number of nitrogens with one attached hydrogen (secondary N) is 1. The minimum atomic E-state index is -0.00245. The van der Waals surface area contributed by atoms with Gasteiger partial charge in [-0.3, -0.25) is 10.2 Å². The van der Waals surface area contributed by atoms with Crippen LogP contribution in [0.2, 0.25) is 0 Å². The van der Waals surface area contributed by atoms with Crippen LogP contribution in [-0.4, -0.2) is 14.9 Å². The number of fused-ring (bicyclic) bond motifs is 1. The zero-order valence-corrected chi connectivity index (χ0v) is 15.2. The predicted molar refractivity (Wildman–Crippen MR) is 95.6 cm³/mol. The van der Waals surface area contributed by atoms with Gasteiger partial charge in [-0.2, -0.15) is 0 Å². The third-order valence-corrected chi connectivity index (χ3v) is 4.10. The Labute approximate surface area is 146 Å². The average molecular weight is 425 g/mol. The van der Waals surface area contributed by atoms with Gasteiger partial charge >= 0.3 is 0 Å². The second kappa shape index (κ2) is 6.62. The van der Waals surface area contributed by atoms with Gasteiger partial charge in [-0.15, -0.1) is 17.0 Å². The van der Waals surface area contributed by atoms with Gasteiger partial charge in [-0.05, 0) is 24.3 Å². The Kier molecular flexibility index (Phi) is 5.03. The summed E-state index contributed by atoms with van der Waals surface area (Å²) in [4.78, 5) is 12.4. The summed E-state index contributed by atoms with van der Waals surface area (Å²) in [7, 11) is 1.84. The summed E-state index contributed by atoms with van der Waals surface area (Å²) in [5.74, 6) is -0.00245. The fourth-order valence-electron chi connectivity index (χ4n) is 2.42. The standard InChI is InChI=1S/C16H14BrN3O.BrH/c1-19-13-4-2-3-5-14(13)20(16(19)18)10-15(21)11-6-8-12(17)9-7-11;/h2-9,18H,10H2,1H3;1H. The van der Waals surface area contributed by atoms with Gasteiger partial charge in [0.1, 0.15) is 0 Å². The van der Waals surface area contributed by atoms with Crippen molar-refractivity contribution < 1.29 is 4.79 Å². The highest BCUT2D eigenvalue weighted by Crippen LogP contribution is 2.14. The normalized spacial score (nSPS) is 10.5. The number of benzene rings is 2. The smallest absolute Gasteiger partial charge is 0.203 e. The number of ketones is 1. The van der Waals surface area contributed by atoms with E-state index in [1.165, 1.54) is 0 Å². The number of aryl methyl sites for hydroxylation is 1. The summed E-state index contributed by atoms with van der Waals surface area (Å²) < 4.78 is 4.46. The number of hydrogen-bond acceptors (Lipinski definition) is 2. The van der Waals surface area contributed by atoms with E-state index >= 15 is 0 Å². The highest BCUT2D eigenvalue weighted by Gasteiger charge is 2.12. The van der Waals surface area contributed by atoms with Crippen LogP contribution < -0.4 is 5.62 Å². The Balaban J connectivity index is 0.00000176. The minimum absolute atomic E-state index is 0. The number of para-hydroxylation sites is 2. The monoisotopic (exact) mass is 423 g/mol. The third kappa shape index (κ3) is 2.94. The molecule has 0 saturated heterocycles. The molecule has 6 heteroatoms. The largest absolute Gasteiger partial charge is 0.313 e. The second-order valence-corrected chi connectivity index (χ2v) is 5.80. The van der Waals surface area contributed by atoms with Gasteiger partial charge < -0.3 is 9.13 Å². The Bertz CT molecular complexity index is 879. The van der Waals surface area contributed by atoms with Crippen molar-refractivity contribution in [3.63, 3.8) is 0 Å². The maximum atomic E-state index is 12.4. The lowest BCUT2D eigenvalue weighted by atomic mass is 10.1. The fraction of sp³-hybridized carbons (Fsp3) is 0.125. The lowest BCUT2D eigenvalue weighted by Crippen LogP contribution is -2.25. The molecule has 0 fully saturated rings. The Morgan fingerprint density at radius 3 is 2.32 bits per heavy atom. The number of hydrogen-bond donors (Lipinski definition) is 1. The highest BCUT2D eigenvalue weighted by atomic mass is 79.9. The van der Waals surface area contributed by atoms with Crippen molar-refractivity contribution in [3.05, 3.63) is 64.2 Å². The number of rotatable bonds is 3. The molecule has 0 atom stereocenters. The van der Waals surface area contributed by atoms with Crippen LogP contribution in [0.3, 0.4) is 0 Å². The molecule has 0 unspecified atom stereocenters. The number of carbonyl (C=O) groups excluding carboxylic acids is 1. The van der Waals surface area contributed by atoms with Crippen LogP contribution >= 0.6 is 32.9 Å². The van der Waals surface area contributed by atoms with Crippen LogP contribution in [0.1, 0.15) is 10.4 Å². The van der Waals surface area contributed by atoms with E-state index in [0.29, 0.717) is 11.2 Å². The molecular weight excluding hydrogens is 410 g/mol. The Hall–Kier alpha value is -1.66. The van der Waals surface area contributed by atoms with Crippen molar-refractivity contribution in [2.75, 3.05) is 0 Å². The first kappa shape index (κ1) is 16.7. The summed E-state index contributed by atoms with van der Waals surface area (Å²) in [5, 5.41) is 8.18. The first-order valence-corrected chi connectivity index (χ1v) is 7.35. The van der Waals surface area contributed by atoms with Gasteiger partial charge in [-0.25, -0.2) is 0 Å². The molecule has 3 aromatic rings. The second-order valence-electron chi connectivity index (χ2n) is 4.89. The van der Waals surface area contributed by atoms with Gasteiger partial charge in [0, 0.05) is 17.1 Å². The molecule has 0 spiro atoms. The molecule has 2 aromatic carbocycles. The lowest BCUT2D eigenvalue weighted by Gasteiger charge is -2.04. The Morgan fingerprint density at radius 2 is 1.68 bits per heavy atom. The van der Waals surface area contributed by atoms with E-state index in [-0.39, 0.29) is 29.3 Å². The van der Waals surface area contributed by atoms with Crippen LogP contribution in [0.25, 0.3) is 11.0 Å². The van der Waals surface area contributed by atoms with Crippen molar-refractivity contribution >= 4 is 49.7 Å². The van der Waals surface area contributed by atoms with E-state index in [9.17, 15) is 4.79 Å². The molecule has 114 valence electrons. The number of aromatic nitrogens is 2. The van der Waals surface area contributed by atoms with Crippen molar-refractivity contribution in [2.24, 2.45) is 7.05 Å². The van der Waals surface area contributed by atoms with Crippen molar-refractivity contribution in [3.8, 4) is 0 Å². The van der Waals surface area contributed by atoms with Gasteiger partial charge in [0.15, 0.2) is 5.78 Å². The Morgan fingerprint density at radius 1 is 1.09 bits per heavy atom. The number of nitrogens with zero attached hydrogens (tertiary/aromatic N) is 2. The van der Waals surface area contributed by atoms with Crippen molar-refractivity contribution in [2.45, 2.75) is 6.54 Å². The lowest BCUT2D eigenvalue weighted by molar-refractivity contribution is 0.0971. The molecule has 3 rings (SSSR count). The van der Waals surface area contributed by atoms with Crippen LogP contribution in [0.15, 0.2) is 53.0 Å². The third-order valence-electron chi connectivity index (χ3n) is 3.58. The molecule has 0 amide bonds. The van der Waals surface area contributed by atoms with E-state index in [0.717, 1.165) is 15.5 Å². The molecule has 4 nitrogen and oxygen atoms in total. The SMILES string of the molecule is Br.Cn1c(=N)n(CC(=O)c2ccc(Br)cc2)c2ccccc21. The summed E-state index contributed by atoms with van der Waals surface area (Å²) in [6.07, 6.45) is 0. The molecule has 1 heterocycles. The maximum Gasteiger partial charge on any atom is 0.203 e. The molecule has 0 aliphatic heterocycles. The number of halogens is 2. The fourth-order valence-corrected chi connectivity index (χ4v) is 2.68. The van der Waals surface area contributed by atoms with Crippen molar-refractivity contribution in [1.82, 2.24) is 9.13 Å². The van der Waals surface area contributed by atoms with Gasteiger partial charge in [0.2, 0.25) is 5.62 Å². The molecular formula is C16H15Br2N3O. The van der Waals surface area contributed by atoms with E-state index in [1.807, 2.05) is 43.4 Å². The maximum absolute atomic E-state index is 12.4. The summed E-state index contributed by atoms with van der Waals surface area (Å²) in [6.45, 7) is 0.168. The van der Waals surface area contributed by atoms with Crippen LogP contribution in [0.5, 0.6) is 0 Å². The van der Waals surface area contributed by atoms with E-state index in [1.54, 1.807) is 21.3 Å². The van der Waals surface area contributed by atoms with Crippen molar-refractivity contribution in [1.29, 1.82) is 5.41 Å². The van der Waals surface area contributed by atoms with Gasteiger partial charge in [0.05, 0.1) is 17.6 Å². The highest BCUT2D eigenvalue weighted by molar-refractivity contribution is 9.10. The molecule has 0 bridgehead atoms. The molecule has 1 aromatic heterocycles. The predicted octanol–water partition coefficient (Wildman–Crippen LogP) is 3.68. The molecule has 0 radical (unpaired) electrons. The van der Waals surface area contributed by atoms with E-state index in [2.05, 4.69) is 15.9 Å². The number of imidazole rings is 1.